The molecular formula is C21H29N3O3. The second-order valence-electron chi connectivity index (χ2n) is 6.03. The highest BCUT2D eigenvalue weighted by molar-refractivity contribution is 5.79. The lowest BCUT2D eigenvalue weighted by Gasteiger charge is -2.13. The van der Waals surface area contributed by atoms with E-state index >= 15 is 0 Å². The van der Waals surface area contributed by atoms with Gasteiger partial charge < -0.3 is 25.2 Å². The Bertz CT molecular complexity index is 747. The molecule has 2 aromatic carbocycles. The number of aliphatic imine (C=N–C) groups is 1. The molecule has 0 saturated heterocycles. The summed E-state index contributed by atoms with van der Waals surface area (Å²) in [4.78, 5) is 4.65. The third kappa shape index (κ3) is 6.49. The Labute approximate surface area is 161 Å². The van der Waals surface area contributed by atoms with E-state index in [-0.39, 0.29) is 13.2 Å². The quantitative estimate of drug-likeness (QED) is 0.467. The summed E-state index contributed by atoms with van der Waals surface area (Å²) in [6.07, 6.45) is 0. The van der Waals surface area contributed by atoms with E-state index in [9.17, 15) is 0 Å². The Kier molecular flexibility index (Phi) is 8.45. The van der Waals surface area contributed by atoms with Gasteiger partial charge in [-0.2, -0.15) is 0 Å². The molecule has 27 heavy (non-hydrogen) atoms. The lowest BCUT2D eigenvalue weighted by Crippen LogP contribution is -2.36. The van der Waals surface area contributed by atoms with E-state index in [1.165, 1.54) is 11.1 Å². The predicted molar refractivity (Wildman–Crippen MR) is 108 cm³/mol. The smallest absolute Gasteiger partial charge is 0.191 e. The zero-order chi connectivity index (χ0) is 19.5. The molecule has 0 saturated carbocycles. The van der Waals surface area contributed by atoms with Crippen LogP contribution in [-0.2, 0) is 13.1 Å². The molecule has 6 nitrogen and oxygen atoms in total. The van der Waals surface area contributed by atoms with Crippen LogP contribution >= 0.6 is 0 Å². The zero-order valence-electron chi connectivity index (χ0n) is 16.3. The Morgan fingerprint density at radius 2 is 1.93 bits per heavy atom. The Morgan fingerprint density at radius 3 is 2.63 bits per heavy atom. The fourth-order valence-corrected chi connectivity index (χ4v) is 2.58. The van der Waals surface area contributed by atoms with Crippen LogP contribution in [0.5, 0.6) is 11.5 Å². The number of rotatable bonds is 9. The van der Waals surface area contributed by atoms with E-state index in [2.05, 4.69) is 34.7 Å². The molecule has 3 N–H and O–H groups in total. The minimum Gasteiger partial charge on any atom is -0.493 e. The van der Waals surface area contributed by atoms with Crippen LogP contribution in [0.1, 0.15) is 23.6 Å². The summed E-state index contributed by atoms with van der Waals surface area (Å²) in [5.41, 5.74) is 3.51. The summed E-state index contributed by atoms with van der Waals surface area (Å²) in [5, 5.41) is 15.5. The first-order valence-corrected chi connectivity index (χ1v) is 9.15. The molecule has 0 bridgehead atoms. The molecule has 6 heteroatoms. The van der Waals surface area contributed by atoms with Crippen molar-refractivity contribution in [2.75, 3.05) is 26.9 Å². The number of aryl methyl sites for hydroxylation is 1. The van der Waals surface area contributed by atoms with Crippen LogP contribution in [0.25, 0.3) is 0 Å². The molecular weight excluding hydrogens is 342 g/mol. The van der Waals surface area contributed by atoms with Crippen molar-refractivity contribution in [3.63, 3.8) is 0 Å². The molecule has 0 unspecified atom stereocenters. The average Bonchev–Trinajstić information content (AvgIpc) is 2.69. The fourth-order valence-electron chi connectivity index (χ4n) is 2.58. The van der Waals surface area contributed by atoms with E-state index in [0.717, 1.165) is 24.6 Å². The fraction of sp³-hybridized carbons (Fsp3) is 0.381. The highest BCUT2D eigenvalue weighted by Gasteiger charge is 2.06. The van der Waals surface area contributed by atoms with Gasteiger partial charge in [0.1, 0.15) is 6.61 Å². The number of nitrogens with one attached hydrogen (secondary N) is 2. The van der Waals surface area contributed by atoms with Gasteiger partial charge in [-0.25, -0.2) is 4.99 Å². The molecule has 0 aromatic heterocycles. The normalized spacial score (nSPS) is 11.2. The van der Waals surface area contributed by atoms with Gasteiger partial charge in [-0.3, -0.25) is 0 Å². The van der Waals surface area contributed by atoms with Crippen LogP contribution in [0.15, 0.2) is 47.5 Å². The van der Waals surface area contributed by atoms with Crippen LogP contribution < -0.4 is 20.1 Å². The number of aliphatic hydroxyl groups is 1. The van der Waals surface area contributed by atoms with E-state index < -0.39 is 0 Å². The van der Waals surface area contributed by atoms with Gasteiger partial charge in [0.05, 0.1) is 20.3 Å². The van der Waals surface area contributed by atoms with Crippen LogP contribution in [0.3, 0.4) is 0 Å². The van der Waals surface area contributed by atoms with Crippen LogP contribution in [0, 0.1) is 6.92 Å². The number of methoxy groups -OCH3 is 1. The van der Waals surface area contributed by atoms with Gasteiger partial charge in [0.2, 0.25) is 0 Å². The third-order valence-corrected chi connectivity index (χ3v) is 4.05. The number of ether oxygens (including phenoxy) is 2. The summed E-state index contributed by atoms with van der Waals surface area (Å²) in [5.74, 6) is 2.01. The third-order valence-electron chi connectivity index (χ3n) is 4.05. The molecule has 146 valence electrons. The maximum atomic E-state index is 8.89. The molecule has 0 aliphatic carbocycles. The molecule has 2 rings (SSSR count). The van der Waals surface area contributed by atoms with Gasteiger partial charge in [0, 0.05) is 13.1 Å². The van der Waals surface area contributed by atoms with Crippen molar-refractivity contribution in [1.29, 1.82) is 0 Å². The molecule has 0 spiro atoms. The molecule has 0 fully saturated rings. The molecule has 0 aliphatic heterocycles. The maximum absolute atomic E-state index is 8.89. The van der Waals surface area contributed by atoms with Crippen molar-refractivity contribution >= 4 is 5.96 Å². The first-order chi connectivity index (χ1) is 13.2. The van der Waals surface area contributed by atoms with Gasteiger partial charge in [0.25, 0.3) is 0 Å². The van der Waals surface area contributed by atoms with Crippen molar-refractivity contribution in [2.24, 2.45) is 4.99 Å². The van der Waals surface area contributed by atoms with Crippen LogP contribution in [0.2, 0.25) is 0 Å². The van der Waals surface area contributed by atoms with Crippen molar-refractivity contribution < 1.29 is 14.6 Å². The highest BCUT2D eigenvalue weighted by atomic mass is 16.5. The summed E-state index contributed by atoms with van der Waals surface area (Å²) in [7, 11) is 1.60. The van der Waals surface area contributed by atoms with Gasteiger partial charge in [-0.1, -0.05) is 30.3 Å². The molecule has 0 aliphatic rings. The number of hydrogen-bond acceptors (Lipinski definition) is 4. The van der Waals surface area contributed by atoms with Crippen molar-refractivity contribution in [3.8, 4) is 11.5 Å². The molecule has 0 amide bonds. The van der Waals surface area contributed by atoms with E-state index in [0.29, 0.717) is 18.0 Å². The van der Waals surface area contributed by atoms with E-state index in [1.807, 2.05) is 37.3 Å². The number of hydrogen-bond donors (Lipinski definition) is 3. The Morgan fingerprint density at radius 1 is 1.11 bits per heavy atom. The Balaban J connectivity index is 2.04. The molecule has 0 radical (unpaired) electrons. The van der Waals surface area contributed by atoms with Crippen molar-refractivity contribution in [1.82, 2.24) is 10.6 Å². The summed E-state index contributed by atoms with van der Waals surface area (Å²) in [6.45, 7) is 6.37. The summed E-state index contributed by atoms with van der Waals surface area (Å²) in [6, 6.07) is 14.0. The van der Waals surface area contributed by atoms with Crippen molar-refractivity contribution in [3.05, 3.63) is 59.2 Å². The lowest BCUT2D eigenvalue weighted by molar-refractivity contribution is 0.196. The topological polar surface area (TPSA) is 75.1 Å². The second-order valence-corrected chi connectivity index (χ2v) is 6.03. The minimum absolute atomic E-state index is 0.0339. The number of guanidine groups is 1. The Hall–Kier alpha value is -2.73. The molecule has 2 aromatic rings. The SMILES string of the molecule is CCNC(=NCc1ccc(OCCO)c(OC)c1)NCc1ccccc1C. The number of benzene rings is 2. The zero-order valence-corrected chi connectivity index (χ0v) is 16.3. The predicted octanol–water partition coefficient (Wildman–Crippen LogP) is 2.63. The summed E-state index contributed by atoms with van der Waals surface area (Å²) < 4.78 is 10.8. The van der Waals surface area contributed by atoms with Gasteiger partial charge in [-0.05, 0) is 42.7 Å². The first kappa shape index (κ1) is 20.6. The number of nitrogens with zero attached hydrogens (tertiary/aromatic N) is 1. The molecule has 0 atom stereocenters. The second kappa shape index (κ2) is 11.1. The van der Waals surface area contributed by atoms with E-state index in [4.69, 9.17) is 14.6 Å². The van der Waals surface area contributed by atoms with Gasteiger partial charge in [0.15, 0.2) is 17.5 Å². The van der Waals surface area contributed by atoms with E-state index in [1.54, 1.807) is 7.11 Å². The van der Waals surface area contributed by atoms with Crippen LogP contribution in [-0.4, -0.2) is 37.9 Å². The largest absolute Gasteiger partial charge is 0.493 e. The lowest BCUT2D eigenvalue weighted by atomic mass is 10.1. The minimum atomic E-state index is -0.0339. The molecule has 0 heterocycles. The number of aliphatic hydroxyl groups excluding tert-OH is 1. The highest BCUT2D eigenvalue weighted by Crippen LogP contribution is 2.28. The van der Waals surface area contributed by atoms with Crippen molar-refractivity contribution in [2.45, 2.75) is 26.9 Å². The van der Waals surface area contributed by atoms with Gasteiger partial charge >= 0.3 is 0 Å². The maximum Gasteiger partial charge on any atom is 0.191 e. The monoisotopic (exact) mass is 371 g/mol. The van der Waals surface area contributed by atoms with Gasteiger partial charge in [-0.15, -0.1) is 0 Å². The first-order valence-electron chi connectivity index (χ1n) is 9.15. The van der Waals surface area contributed by atoms with Crippen LogP contribution in [0.4, 0.5) is 0 Å². The summed E-state index contributed by atoms with van der Waals surface area (Å²) >= 11 is 0. The standard InChI is InChI=1S/C21H29N3O3/c1-4-22-21(24-15-18-8-6-5-7-16(18)2)23-14-17-9-10-19(27-12-11-25)20(13-17)26-3/h5-10,13,25H,4,11-12,14-15H2,1-3H3,(H2,22,23,24). The average molecular weight is 371 g/mol.